The fraction of sp³-hybridized carbons (Fsp3) is 0.500. The summed E-state index contributed by atoms with van der Waals surface area (Å²) in [5, 5.41) is 0. The van der Waals surface area contributed by atoms with Gasteiger partial charge in [0.2, 0.25) is 9.05 Å². The summed E-state index contributed by atoms with van der Waals surface area (Å²) in [6, 6.07) is 6.26. The third kappa shape index (κ3) is 2.98. The summed E-state index contributed by atoms with van der Waals surface area (Å²) >= 11 is 0. The van der Waals surface area contributed by atoms with E-state index in [2.05, 4.69) is 19.1 Å². The summed E-state index contributed by atoms with van der Waals surface area (Å²) in [4.78, 5) is 0. The van der Waals surface area contributed by atoms with Gasteiger partial charge in [-0.05, 0) is 41.9 Å². The minimum atomic E-state index is -3.37. The highest BCUT2D eigenvalue weighted by Gasteiger charge is 2.17. The predicted molar refractivity (Wildman–Crippen MR) is 66.4 cm³/mol. The van der Waals surface area contributed by atoms with E-state index in [9.17, 15) is 8.42 Å². The molecule has 0 fully saturated rings. The lowest BCUT2D eigenvalue weighted by Gasteiger charge is -2.03. The van der Waals surface area contributed by atoms with Crippen LogP contribution in [0.5, 0.6) is 0 Å². The van der Waals surface area contributed by atoms with Crippen LogP contribution in [-0.4, -0.2) is 14.2 Å². The van der Waals surface area contributed by atoms with E-state index in [1.165, 1.54) is 11.1 Å². The third-order valence-electron chi connectivity index (χ3n) is 3.04. The van der Waals surface area contributed by atoms with E-state index in [0.29, 0.717) is 12.3 Å². The second-order valence-corrected chi connectivity index (χ2v) is 7.51. The Morgan fingerprint density at radius 3 is 2.69 bits per heavy atom. The lowest BCUT2D eigenvalue weighted by molar-refractivity contribution is 0.609. The van der Waals surface area contributed by atoms with Gasteiger partial charge in [-0.25, -0.2) is 8.42 Å². The smallest absolute Gasteiger partial charge is 0.212 e. The van der Waals surface area contributed by atoms with Crippen LogP contribution >= 0.6 is 10.7 Å². The third-order valence-corrected chi connectivity index (χ3v) is 4.20. The Hall–Kier alpha value is -0.540. The molecule has 1 aliphatic carbocycles. The predicted octanol–water partition coefficient (Wildman–Crippen LogP) is 2.53. The van der Waals surface area contributed by atoms with Crippen molar-refractivity contribution < 1.29 is 8.42 Å². The van der Waals surface area contributed by atoms with Crippen molar-refractivity contribution in [2.45, 2.75) is 26.2 Å². The second kappa shape index (κ2) is 4.38. The first-order valence-electron chi connectivity index (χ1n) is 5.47. The SMILES string of the molecule is CC1Cc2ccc(CCS(=O)(=O)Cl)cc2C1. The quantitative estimate of drug-likeness (QED) is 0.781. The highest BCUT2D eigenvalue weighted by molar-refractivity contribution is 8.13. The molecule has 0 aliphatic heterocycles. The van der Waals surface area contributed by atoms with Crippen molar-refractivity contribution in [1.82, 2.24) is 0 Å². The van der Waals surface area contributed by atoms with Gasteiger partial charge in [-0.3, -0.25) is 0 Å². The lowest BCUT2D eigenvalue weighted by Crippen LogP contribution is -2.01. The molecule has 0 spiro atoms. The number of benzene rings is 1. The molecule has 1 atom stereocenters. The zero-order chi connectivity index (χ0) is 11.8. The van der Waals surface area contributed by atoms with Gasteiger partial charge in [0.25, 0.3) is 0 Å². The Balaban J connectivity index is 2.11. The van der Waals surface area contributed by atoms with Crippen LogP contribution < -0.4 is 0 Å². The number of hydrogen-bond acceptors (Lipinski definition) is 2. The van der Waals surface area contributed by atoms with E-state index in [0.717, 1.165) is 18.4 Å². The maximum absolute atomic E-state index is 10.9. The van der Waals surface area contributed by atoms with Gasteiger partial charge in [0.1, 0.15) is 0 Å². The van der Waals surface area contributed by atoms with Crippen molar-refractivity contribution in [1.29, 1.82) is 0 Å². The normalized spacial score (nSPS) is 19.8. The van der Waals surface area contributed by atoms with Gasteiger partial charge in [0.15, 0.2) is 0 Å². The Morgan fingerprint density at radius 2 is 2.00 bits per heavy atom. The molecule has 1 unspecified atom stereocenters. The molecule has 0 saturated carbocycles. The number of aryl methyl sites for hydroxylation is 1. The molecule has 16 heavy (non-hydrogen) atoms. The van der Waals surface area contributed by atoms with Crippen LogP contribution in [0.1, 0.15) is 23.6 Å². The molecule has 88 valence electrons. The van der Waals surface area contributed by atoms with Crippen LogP contribution in [0.25, 0.3) is 0 Å². The molecule has 0 saturated heterocycles. The Labute approximate surface area is 101 Å². The van der Waals surface area contributed by atoms with E-state index < -0.39 is 9.05 Å². The van der Waals surface area contributed by atoms with Gasteiger partial charge in [0, 0.05) is 10.7 Å². The molecule has 1 aromatic carbocycles. The molecule has 2 rings (SSSR count). The molecular weight excluding hydrogens is 244 g/mol. The highest BCUT2D eigenvalue weighted by Crippen LogP contribution is 2.27. The molecule has 0 radical (unpaired) electrons. The van der Waals surface area contributed by atoms with E-state index in [4.69, 9.17) is 10.7 Å². The van der Waals surface area contributed by atoms with Gasteiger partial charge in [-0.1, -0.05) is 25.1 Å². The zero-order valence-electron chi connectivity index (χ0n) is 9.24. The largest absolute Gasteiger partial charge is 0.232 e. The average Bonchev–Trinajstić information content (AvgIpc) is 2.52. The molecule has 4 heteroatoms. The summed E-state index contributed by atoms with van der Waals surface area (Å²) in [5.41, 5.74) is 3.85. The van der Waals surface area contributed by atoms with Crippen molar-refractivity contribution in [3.05, 3.63) is 34.9 Å². The topological polar surface area (TPSA) is 34.1 Å². The Morgan fingerprint density at radius 1 is 1.31 bits per heavy atom. The number of rotatable bonds is 3. The van der Waals surface area contributed by atoms with Crippen LogP contribution in [0.3, 0.4) is 0 Å². The Bertz CT molecular complexity index is 494. The monoisotopic (exact) mass is 258 g/mol. The number of fused-ring (bicyclic) bond motifs is 1. The molecule has 1 aliphatic rings. The van der Waals surface area contributed by atoms with Gasteiger partial charge >= 0.3 is 0 Å². The maximum atomic E-state index is 10.9. The van der Waals surface area contributed by atoms with Gasteiger partial charge in [-0.15, -0.1) is 0 Å². The van der Waals surface area contributed by atoms with Gasteiger partial charge in [0.05, 0.1) is 5.75 Å². The van der Waals surface area contributed by atoms with E-state index in [1.807, 2.05) is 6.07 Å². The van der Waals surface area contributed by atoms with Crippen molar-refractivity contribution in [3.63, 3.8) is 0 Å². The average molecular weight is 259 g/mol. The minimum Gasteiger partial charge on any atom is -0.212 e. The number of hydrogen-bond donors (Lipinski definition) is 0. The molecule has 0 amide bonds. The molecule has 0 heterocycles. The summed E-state index contributed by atoms with van der Waals surface area (Å²) in [6.07, 6.45) is 2.76. The van der Waals surface area contributed by atoms with Crippen LogP contribution in [0.4, 0.5) is 0 Å². The summed E-state index contributed by atoms with van der Waals surface area (Å²) < 4.78 is 21.7. The molecule has 2 nitrogen and oxygen atoms in total. The molecule has 0 aromatic heterocycles. The lowest BCUT2D eigenvalue weighted by atomic mass is 10.1. The van der Waals surface area contributed by atoms with Gasteiger partial charge in [-0.2, -0.15) is 0 Å². The van der Waals surface area contributed by atoms with E-state index in [1.54, 1.807) is 0 Å². The second-order valence-electron chi connectivity index (χ2n) is 4.61. The summed E-state index contributed by atoms with van der Waals surface area (Å²) in [7, 11) is 1.82. The standard InChI is InChI=1S/C12H15ClO2S/c1-9-6-11-3-2-10(8-12(11)7-9)4-5-16(13,14)15/h2-3,8-9H,4-7H2,1H3. The Kier molecular flexibility index (Phi) is 3.27. The van der Waals surface area contributed by atoms with E-state index in [-0.39, 0.29) is 5.75 Å². The van der Waals surface area contributed by atoms with E-state index >= 15 is 0 Å². The molecule has 1 aromatic rings. The fourth-order valence-electron chi connectivity index (χ4n) is 2.29. The van der Waals surface area contributed by atoms with Crippen molar-refractivity contribution in [2.24, 2.45) is 5.92 Å². The fourth-order valence-corrected chi connectivity index (χ4v) is 3.00. The molecule has 0 bridgehead atoms. The number of halogens is 1. The van der Waals surface area contributed by atoms with Crippen LogP contribution in [0, 0.1) is 5.92 Å². The first-order chi connectivity index (χ1) is 7.44. The molecule has 0 N–H and O–H groups in total. The van der Waals surface area contributed by atoms with Crippen LogP contribution in [0.2, 0.25) is 0 Å². The molecular formula is C12H15ClO2S. The zero-order valence-corrected chi connectivity index (χ0v) is 10.8. The van der Waals surface area contributed by atoms with Crippen molar-refractivity contribution in [3.8, 4) is 0 Å². The van der Waals surface area contributed by atoms with Crippen LogP contribution in [0.15, 0.2) is 18.2 Å². The van der Waals surface area contributed by atoms with Crippen molar-refractivity contribution >= 4 is 19.7 Å². The first kappa shape index (κ1) is 11.9. The summed E-state index contributed by atoms with van der Waals surface area (Å²) in [6.45, 7) is 2.24. The van der Waals surface area contributed by atoms with Crippen LogP contribution in [-0.2, 0) is 28.3 Å². The first-order valence-corrected chi connectivity index (χ1v) is 7.95. The minimum absolute atomic E-state index is 0.0168. The maximum Gasteiger partial charge on any atom is 0.232 e. The van der Waals surface area contributed by atoms with Gasteiger partial charge < -0.3 is 0 Å². The van der Waals surface area contributed by atoms with Crippen molar-refractivity contribution in [2.75, 3.05) is 5.75 Å². The highest BCUT2D eigenvalue weighted by atomic mass is 35.7. The summed E-state index contributed by atoms with van der Waals surface area (Å²) in [5.74, 6) is 0.727.